The maximum absolute atomic E-state index is 11.7. The van der Waals surface area contributed by atoms with Gasteiger partial charge in [-0.15, -0.1) is 0 Å². The number of aromatic nitrogens is 2. The lowest BCUT2D eigenvalue weighted by atomic mass is 10.2. The Morgan fingerprint density at radius 3 is 2.64 bits per heavy atom. The van der Waals surface area contributed by atoms with E-state index in [2.05, 4.69) is 20.6 Å². The zero-order chi connectivity index (χ0) is 19.3. The summed E-state index contributed by atoms with van der Waals surface area (Å²) in [5, 5.41) is 6.32. The Balaban J connectivity index is 1.44. The standard InChI is InChI=1S/C20H18N4O4/c1-2-26-19(25)13-3-5-14(6-4-13)22-18-9-10-21-20(24-18)23-15-7-8-16-17(11-15)28-12-27-16/h3-11H,2,12H2,1H3,(H2,21,22,23,24). The Labute approximate surface area is 161 Å². The van der Waals surface area contributed by atoms with Crippen LogP contribution in [0.4, 0.5) is 23.1 Å². The van der Waals surface area contributed by atoms with Crippen LogP contribution in [0.2, 0.25) is 0 Å². The molecule has 8 heteroatoms. The molecule has 1 aliphatic heterocycles. The van der Waals surface area contributed by atoms with Crippen LogP contribution in [0.15, 0.2) is 54.7 Å². The van der Waals surface area contributed by atoms with Gasteiger partial charge in [0, 0.05) is 23.6 Å². The number of benzene rings is 2. The van der Waals surface area contributed by atoms with Gasteiger partial charge in [-0.25, -0.2) is 9.78 Å². The zero-order valence-electron chi connectivity index (χ0n) is 15.1. The van der Waals surface area contributed by atoms with Crippen molar-refractivity contribution < 1.29 is 19.0 Å². The second-order valence-corrected chi connectivity index (χ2v) is 5.88. The summed E-state index contributed by atoms with van der Waals surface area (Å²) in [5.74, 6) is 2.11. The maximum atomic E-state index is 11.7. The van der Waals surface area contributed by atoms with Gasteiger partial charge in [-0.2, -0.15) is 4.98 Å². The van der Waals surface area contributed by atoms with Crippen molar-refractivity contribution in [2.24, 2.45) is 0 Å². The molecule has 3 aromatic rings. The van der Waals surface area contributed by atoms with E-state index in [0.717, 1.165) is 11.4 Å². The summed E-state index contributed by atoms with van der Waals surface area (Å²) in [7, 11) is 0. The number of fused-ring (bicyclic) bond motifs is 1. The summed E-state index contributed by atoms with van der Waals surface area (Å²) in [5.41, 5.74) is 2.08. The van der Waals surface area contributed by atoms with Gasteiger partial charge >= 0.3 is 5.97 Å². The fourth-order valence-electron chi connectivity index (χ4n) is 2.64. The lowest BCUT2D eigenvalue weighted by Gasteiger charge is -2.09. The predicted molar refractivity (Wildman–Crippen MR) is 104 cm³/mol. The molecule has 28 heavy (non-hydrogen) atoms. The van der Waals surface area contributed by atoms with Crippen LogP contribution in [0.3, 0.4) is 0 Å². The summed E-state index contributed by atoms with van der Waals surface area (Å²) in [6, 6.07) is 14.3. The lowest BCUT2D eigenvalue weighted by molar-refractivity contribution is 0.0526. The van der Waals surface area contributed by atoms with Gasteiger partial charge in [0.15, 0.2) is 11.5 Å². The fourth-order valence-corrected chi connectivity index (χ4v) is 2.64. The van der Waals surface area contributed by atoms with Crippen LogP contribution in [-0.2, 0) is 4.74 Å². The highest BCUT2D eigenvalue weighted by Crippen LogP contribution is 2.34. The topological polar surface area (TPSA) is 94.6 Å². The molecule has 0 amide bonds. The van der Waals surface area contributed by atoms with Gasteiger partial charge in [0.05, 0.1) is 12.2 Å². The first-order valence-corrected chi connectivity index (χ1v) is 8.75. The van der Waals surface area contributed by atoms with Crippen LogP contribution in [0.5, 0.6) is 11.5 Å². The molecule has 1 aromatic heterocycles. The van der Waals surface area contributed by atoms with Gasteiger partial charge in [-0.3, -0.25) is 0 Å². The van der Waals surface area contributed by atoms with Crippen LogP contribution in [0, 0.1) is 0 Å². The van der Waals surface area contributed by atoms with Gasteiger partial charge < -0.3 is 24.8 Å². The van der Waals surface area contributed by atoms with E-state index >= 15 is 0 Å². The predicted octanol–water partition coefficient (Wildman–Crippen LogP) is 3.87. The monoisotopic (exact) mass is 378 g/mol. The van der Waals surface area contributed by atoms with E-state index < -0.39 is 0 Å². The fraction of sp³-hybridized carbons (Fsp3) is 0.150. The highest BCUT2D eigenvalue weighted by atomic mass is 16.7. The number of hydrogen-bond acceptors (Lipinski definition) is 8. The highest BCUT2D eigenvalue weighted by molar-refractivity contribution is 5.89. The minimum Gasteiger partial charge on any atom is -0.462 e. The lowest BCUT2D eigenvalue weighted by Crippen LogP contribution is -2.04. The van der Waals surface area contributed by atoms with Crippen LogP contribution in [0.1, 0.15) is 17.3 Å². The minimum atomic E-state index is -0.341. The summed E-state index contributed by atoms with van der Waals surface area (Å²) in [6.45, 7) is 2.35. The summed E-state index contributed by atoms with van der Waals surface area (Å²) >= 11 is 0. The van der Waals surface area contributed by atoms with Crippen molar-refractivity contribution in [2.45, 2.75) is 6.92 Å². The van der Waals surface area contributed by atoms with E-state index in [4.69, 9.17) is 14.2 Å². The molecule has 2 N–H and O–H groups in total. The van der Waals surface area contributed by atoms with Crippen LogP contribution < -0.4 is 20.1 Å². The third-order valence-electron chi connectivity index (χ3n) is 3.95. The van der Waals surface area contributed by atoms with Gasteiger partial charge in [0.2, 0.25) is 12.7 Å². The second kappa shape index (κ2) is 7.83. The Morgan fingerprint density at radius 2 is 1.82 bits per heavy atom. The molecule has 0 fully saturated rings. The number of rotatable bonds is 6. The van der Waals surface area contributed by atoms with Gasteiger partial charge in [0.25, 0.3) is 0 Å². The van der Waals surface area contributed by atoms with Crippen LogP contribution >= 0.6 is 0 Å². The van der Waals surface area contributed by atoms with E-state index in [-0.39, 0.29) is 12.8 Å². The summed E-state index contributed by atoms with van der Waals surface area (Å²) in [6.07, 6.45) is 1.65. The molecule has 2 heterocycles. The van der Waals surface area contributed by atoms with Crippen LogP contribution in [-0.4, -0.2) is 29.3 Å². The summed E-state index contributed by atoms with van der Waals surface area (Å²) in [4.78, 5) is 20.4. The molecule has 2 aromatic carbocycles. The van der Waals surface area contributed by atoms with Gasteiger partial charge in [-0.1, -0.05) is 0 Å². The minimum absolute atomic E-state index is 0.226. The normalized spacial score (nSPS) is 11.8. The number of carbonyl (C=O) groups is 1. The Morgan fingerprint density at radius 1 is 1.04 bits per heavy atom. The van der Waals surface area contributed by atoms with Crippen molar-refractivity contribution >= 4 is 29.1 Å². The number of hydrogen-bond donors (Lipinski definition) is 2. The zero-order valence-corrected chi connectivity index (χ0v) is 15.1. The van der Waals surface area contributed by atoms with Crippen LogP contribution in [0.25, 0.3) is 0 Å². The highest BCUT2D eigenvalue weighted by Gasteiger charge is 2.13. The first kappa shape index (κ1) is 17.6. The number of carbonyl (C=O) groups excluding carboxylic acids is 1. The van der Waals surface area contributed by atoms with E-state index in [1.54, 1.807) is 43.5 Å². The molecule has 0 bridgehead atoms. The molecule has 8 nitrogen and oxygen atoms in total. The van der Waals surface area contributed by atoms with Crippen molar-refractivity contribution in [1.29, 1.82) is 0 Å². The molecule has 0 unspecified atom stereocenters. The number of nitrogens with zero attached hydrogens (tertiary/aromatic N) is 2. The third-order valence-corrected chi connectivity index (χ3v) is 3.95. The molecular weight excluding hydrogens is 360 g/mol. The molecule has 0 atom stereocenters. The molecule has 0 aliphatic carbocycles. The molecule has 0 saturated carbocycles. The number of anilines is 4. The molecule has 0 spiro atoms. The number of ether oxygens (including phenoxy) is 3. The number of esters is 1. The second-order valence-electron chi connectivity index (χ2n) is 5.88. The average molecular weight is 378 g/mol. The Hall–Kier alpha value is -3.81. The van der Waals surface area contributed by atoms with Crippen molar-refractivity contribution in [3.63, 3.8) is 0 Å². The molecule has 0 saturated heterocycles. The molecular formula is C20H18N4O4. The smallest absolute Gasteiger partial charge is 0.338 e. The Bertz CT molecular complexity index is 992. The molecule has 142 valence electrons. The average Bonchev–Trinajstić information content (AvgIpc) is 3.17. The first-order chi connectivity index (χ1) is 13.7. The van der Waals surface area contributed by atoms with Crippen molar-refractivity contribution in [2.75, 3.05) is 24.0 Å². The van der Waals surface area contributed by atoms with Gasteiger partial charge in [0.1, 0.15) is 5.82 Å². The third kappa shape index (κ3) is 3.96. The Kier molecular flexibility index (Phi) is 4.92. The SMILES string of the molecule is CCOC(=O)c1ccc(Nc2ccnc(Nc3ccc4c(c3)OCO4)n2)cc1. The summed E-state index contributed by atoms with van der Waals surface area (Å²) < 4.78 is 15.7. The van der Waals surface area contributed by atoms with Gasteiger partial charge in [-0.05, 0) is 49.4 Å². The first-order valence-electron chi connectivity index (χ1n) is 8.75. The molecule has 0 radical (unpaired) electrons. The quantitative estimate of drug-likeness (QED) is 0.624. The number of nitrogens with one attached hydrogen (secondary N) is 2. The van der Waals surface area contributed by atoms with E-state index in [0.29, 0.717) is 35.4 Å². The largest absolute Gasteiger partial charge is 0.462 e. The van der Waals surface area contributed by atoms with E-state index in [9.17, 15) is 4.79 Å². The van der Waals surface area contributed by atoms with Crippen molar-refractivity contribution in [3.8, 4) is 11.5 Å². The molecule has 4 rings (SSSR count). The van der Waals surface area contributed by atoms with Crippen molar-refractivity contribution in [1.82, 2.24) is 9.97 Å². The molecule has 1 aliphatic rings. The van der Waals surface area contributed by atoms with E-state index in [1.807, 2.05) is 18.2 Å². The van der Waals surface area contributed by atoms with E-state index in [1.165, 1.54) is 0 Å². The maximum Gasteiger partial charge on any atom is 0.338 e. The van der Waals surface area contributed by atoms with Crippen molar-refractivity contribution in [3.05, 3.63) is 60.3 Å².